The number of carbonyl (C=O) groups is 2. The number of para-hydroxylation sites is 1. The summed E-state index contributed by atoms with van der Waals surface area (Å²) in [5, 5.41) is 2.63. The third-order valence-corrected chi connectivity index (χ3v) is 4.92. The molecule has 2 aromatic carbocycles. The second-order valence-corrected chi connectivity index (χ2v) is 6.91. The minimum absolute atomic E-state index is 0.0380. The van der Waals surface area contributed by atoms with Gasteiger partial charge in [-0.1, -0.05) is 18.2 Å². The van der Waals surface area contributed by atoms with E-state index >= 15 is 0 Å². The maximum absolute atomic E-state index is 13.2. The summed E-state index contributed by atoms with van der Waals surface area (Å²) in [7, 11) is 0. The van der Waals surface area contributed by atoms with E-state index in [2.05, 4.69) is 5.32 Å². The van der Waals surface area contributed by atoms with E-state index in [1.807, 2.05) is 19.1 Å². The van der Waals surface area contributed by atoms with Gasteiger partial charge in [0.25, 0.3) is 11.8 Å². The lowest BCUT2D eigenvalue weighted by molar-refractivity contribution is -0.122. The number of nitrogens with one attached hydrogen (secondary N) is 1. The van der Waals surface area contributed by atoms with E-state index in [1.165, 1.54) is 23.1 Å². The number of thiocarbonyl (C=S) groups is 1. The van der Waals surface area contributed by atoms with Crippen molar-refractivity contribution < 1.29 is 14.0 Å². The van der Waals surface area contributed by atoms with Crippen LogP contribution in [0.3, 0.4) is 0 Å². The van der Waals surface area contributed by atoms with Crippen molar-refractivity contribution in [1.29, 1.82) is 0 Å². The van der Waals surface area contributed by atoms with Crippen molar-refractivity contribution >= 4 is 40.9 Å². The minimum atomic E-state index is -0.559. The first kappa shape index (κ1) is 18.8. The quantitative estimate of drug-likeness (QED) is 0.410. The van der Waals surface area contributed by atoms with Gasteiger partial charge in [-0.25, -0.2) is 4.39 Å². The van der Waals surface area contributed by atoms with Crippen LogP contribution in [-0.2, 0) is 9.59 Å². The molecule has 1 saturated heterocycles. The Bertz CT molecular complexity index is 1160. The Morgan fingerprint density at radius 3 is 2.45 bits per heavy atom. The molecule has 4 rings (SSSR count). The van der Waals surface area contributed by atoms with Crippen LogP contribution in [0.25, 0.3) is 11.8 Å². The predicted molar refractivity (Wildman–Crippen MR) is 113 cm³/mol. The van der Waals surface area contributed by atoms with Crippen molar-refractivity contribution in [2.24, 2.45) is 0 Å². The molecule has 7 heteroatoms. The van der Waals surface area contributed by atoms with Gasteiger partial charge in [0.2, 0.25) is 0 Å². The topological polar surface area (TPSA) is 54.3 Å². The molecule has 0 saturated carbocycles. The first-order valence-corrected chi connectivity index (χ1v) is 9.27. The lowest BCUT2D eigenvalue weighted by Gasteiger charge is -2.30. The largest absolute Gasteiger partial charge is 0.317 e. The van der Waals surface area contributed by atoms with Crippen LogP contribution in [0.2, 0.25) is 0 Å². The number of hydrogen-bond acceptors (Lipinski definition) is 3. The molecular formula is C22H16FN3O2S. The molecule has 5 nitrogen and oxygen atoms in total. The fourth-order valence-corrected chi connectivity index (χ4v) is 3.46. The number of halogens is 1. The van der Waals surface area contributed by atoms with Crippen LogP contribution >= 0.6 is 12.2 Å². The van der Waals surface area contributed by atoms with Gasteiger partial charge in [0.1, 0.15) is 11.4 Å². The van der Waals surface area contributed by atoms with Crippen LogP contribution in [0, 0.1) is 12.7 Å². The molecule has 3 aromatic rings. The van der Waals surface area contributed by atoms with Gasteiger partial charge in [-0.05, 0) is 73.2 Å². The van der Waals surface area contributed by atoms with Crippen molar-refractivity contribution in [3.63, 3.8) is 0 Å². The van der Waals surface area contributed by atoms with E-state index in [0.29, 0.717) is 17.1 Å². The zero-order valence-corrected chi connectivity index (χ0v) is 16.2. The summed E-state index contributed by atoms with van der Waals surface area (Å²) < 4.78 is 15.0. The van der Waals surface area contributed by atoms with Gasteiger partial charge in [-0.2, -0.15) is 0 Å². The summed E-state index contributed by atoms with van der Waals surface area (Å²) in [5.41, 5.74) is 2.74. The van der Waals surface area contributed by atoms with Crippen molar-refractivity contribution in [2.45, 2.75) is 6.92 Å². The third kappa shape index (κ3) is 3.48. The molecule has 1 aliphatic rings. The zero-order valence-electron chi connectivity index (χ0n) is 15.4. The number of benzene rings is 2. The van der Waals surface area contributed by atoms with Crippen LogP contribution in [-0.4, -0.2) is 21.5 Å². The number of nitrogens with zero attached hydrogens (tertiary/aromatic N) is 2. The summed E-state index contributed by atoms with van der Waals surface area (Å²) >= 11 is 5.24. The van der Waals surface area contributed by atoms with Crippen LogP contribution in [0.5, 0.6) is 0 Å². The average molecular weight is 405 g/mol. The van der Waals surface area contributed by atoms with E-state index in [1.54, 1.807) is 47.2 Å². The van der Waals surface area contributed by atoms with E-state index in [-0.39, 0.29) is 16.5 Å². The summed E-state index contributed by atoms with van der Waals surface area (Å²) in [6.45, 7) is 1.87. The third-order valence-electron chi connectivity index (χ3n) is 4.64. The number of carbonyl (C=O) groups excluding carboxylic acids is 2. The lowest BCUT2D eigenvalue weighted by Crippen LogP contribution is -2.54. The lowest BCUT2D eigenvalue weighted by atomic mass is 10.1. The first-order valence-electron chi connectivity index (χ1n) is 8.86. The molecule has 29 heavy (non-hydrogen) atoms. The van der Waals surface area contributed by atoms with Crippen molar-refractivity contribution in [2.75, 3.05) is 4.90 Å². The molecule has 2 heterocycles. The van der Waals surface area contributed by atoms with Crippen molar-refractivity contribution in [3.8, 4) is 5.69 Å². The first-order chi connectivity index (χ1) is 14.0. The fraction of sp³-hybridized carbons (Fsp3) is 0.0455. The van der Waals surface area contributed by atoms with Gasteiger partial charge >= 0.3 is 0 Å². The summed E-state index contributed by atoms with van der Waals surface area (Å²) in [5.74, 6) is -1.40. The van der Waals surface area contributed by atoms with Gasteiger partial charge in [-0.3, -0.25) is 19.8 Å². The standard InChI is InChI=1S/C22H16FN3O2S/c1-14-5-2-3-7-19(14)26-21(28)18(20(27)24-22(26)29)13-17-6-4-12-25(17)16-10-8-15(23)9-11-16/h2-13H,1H3,(H,24,27,29)/b18-13+. The molecule has 1 aliphatic heterocycles. The van der Waals surface area contributed by atoms with Gasteiger partial charge < -0.3 is 4.57 Å². The highest BCUT2D eigenvalue weighted by Gasteiger charge is 2.35. The molecule has 0 atom stereocenters. The summed E-state index contributed by atoms with van der Waals surface area (Å²) in [6, 6.07) is 16.8. The number of amides is 2. The number of aryl methyl sites for hydroxylation is 1. The van der Waals surface area contributed by atoms with Gasteiger partial charge in [-0.15, -0.1) is 0 Å². The normalized spacial score (nSPS) is 15.7. The van der Waals surface area contributed by atoms with Gasteiger partial charge in [0.15, 0.2) is 5.11 Å². The second-order valence-electron chi connectivity index (χ2n) is 6.52. The molecule has 1 fully saturated rings. The highest BCUT2D eigenvalue weighted by atomic mass is 32.1. The van der Waals surface area contributed by atoms with E-state index < -0.39 is 11.8 Å². The SMILES string of the molecule is Cc1ccccc1N1C(=O)/C(=C/c2cccn2-c2ccc(F)cc2)C(=O)NC1=S. The Morgan fingerprint density at radius 1 is 1.00 bits per heavy atom. The highest BCUT2D eigenvalue weighted by Crippen LogP contribution is 2.25. The average Bonchev–Trinajstić information content (AvgIpc) is 3.15. The molecule has 0 bridgehead atoms. The maximum Gasteiger partial charge on any atom is 0.270 e. The maximum atomic E-state index is 13.2. The zero-order chi connectivity index (χ0) is 20.5. The molecule has 0 radical (unpaired) electrons. The Morgan fingerprint density at radius 2 is 1.72 bits per heavy atom. The minimum Gasteiger partial charge on any atom is -0.317 e. The van der Waals surface area contributed by atoms with E-state index in [9.17, 15) is 14.0 Å². The Labute approximate surface area is 172 Å². The smallest absolute Gasteiger partial charge is 0.270 e. The molecule has 0 unspecified atom stereocenters. The van der Waals surface area contributed by atoms with Crippen molar-refractivity contribution in [1.82, 2.24) is 9.88 Å². The Hall–Kier alpha value is -3.58. The number of hydrogen-bond donors (Lipinski definition) is 1. The number of rotatable bonds is 3. The monoisotopic (exact) mass is 405 g/mol. The highest BCUT2D eigenvalue weighted by molar-refractivity contribution is 7.80. The van der Waals surface area contributed by atoms with Gasteiger partial charge in [0, 0.05) is 17.6 Å². The molecule has 144 valence electrons. The van der Waals surface area contributed by atoms with E-state index in [0.717, 1.165) is 5.56 Å². The number of anilines is 1. The Balaban J connectivity index is 1.76. The molecular weight excluding hydrogens is 389 g/mol. The second kappa shape index (κ2) is 7.44. The van der Waals surface area contributed by atoms with E-state index in [4.69, 9.17) is 12.2 Å². The predicted octanol–water partition coefficient (Wildman–Crippen LogP) is 3.76. The molecule has 1 aromatic heterocycles. The molecule has 0 aliphatic carbocycles. The summed E-state index contributed by atoms with van der Waals surface area (Å²) in [4.78, 5) is 27.0. The fourth-order valence-electron chi connectivity index (χ4n) is 3.19. The molecule has 2 amide bonds. The van der Waals surface area contributed by atoms with Crippen LogP contribution in [0.4, 0.5) is 10.1 Å². The van der Waals surface area contributed by atoms with Crippen LogP contribution in [0.1, 0.15) is 11.3 Å². The number of aromatic nitrogens is 1. The van der Waals surface area contributed by atoms with Gasteiger partial charge in [0.05, 0.1) is 5.69 Å². The summed E-state index contributed by atoms with van der Waals surface area (Å²) in [6.07, 6.45) is 3.28. The van der Waals surface area contributed by atoms with Crippen LogP contribution in [0.15, 0.2) is 72.4 Å². The van der Waals surface area contributed by atoms with Crippen LogP contribution < -0.4 is 10.2 Å². The Kier molecular flexibility index (Phi) is 4.82. The molecule has 1 N–H and O–H groups in total. The molecule has 0 spiro atoms. The van der Waals surface area contributed by atoms with Crippen molar-refractivity contribution in [3.05, 3.63) is 89.5 Å².